The topological polar surface area (TPSA) is 118 Å². The monoisotopic (exact) mass is 302 g/mol. The number of nitriles is 3. The van der Waals surface area contributed by atoms with Gasteiger partial charge in [-0.05, 0) is 19.1 Å². The number of hydrogen-bond donors (Lipinski definition) is 1. The Morgan fingerprint density at radius 2 is 1.91 bits per heavy atom. The molecule has 7 heteroatoms. The van der Waals surface area contributed by atoms with Crippen molar-refractivity contribution in [1.29, 1.82) is 15.8 Å². The molecule has 1 aromatic heterocycles. The second kappa shape index (κ2) is 7.21. The molecule has 0 aliphatic carbocycles. The van der Waals surface area contributed by atoms with Crippen LogP contribution >= 0.6 is 0 Å². The van der Waals surface area contributed by atoms with Gasteiger partial charge in [-0.15, -0.1) is 0 Å². The number of nitrogens with one attached hydrogen (secondary N) is 1. The predicted molar refractivity (Wildman–Crippen MR) is 80.8 cm³/mol. The fourth-order valence-electron chi connectivity index (χ4n) is 1.68. The minimum Gasteiger partial charge on any atom is -0.437 e. The fraction of sp³-hybridized carbons (Fsp3) is 0.0625. The first-order chi connectivity index (χ1) is 11.2. The smallest absolute Gasteiger partial charge is 0.238 e. The third kappa shape index (κ3) is 4.04. The zero-order chi connectivity index (χ0) is 16.7. The van der Waals surface area contributed by atoms with Crippen LogP contribution in [0.25, 0.3) is 0 Å². The molecule has 0 unspecified atom stereocenters. The summed E-state index contributed by atoms with van der Waals surface area (Å²) >= 11 is 0. The lowest BCUT2D eigenvalue weighted by Gasteiger charge is -2.08. The standard InChI is InChI=1S/C16H10N6O/c1-11-9-20-10-16(21-11)23-14-4-2-3-13(5-14)22-15(8-19)12(6-17)7-18/h2-5,9-10,22H,1H3. The molecular weight excluding hydrogens is 292 g/mol. The van der Waals surface area contributed by atoms with Crippen LogP contribution in [0.2, 0.25) is 0 Å². The maximum atomic E-state index is 9.03. The van der Waals surface area contributed by atoms with E-state index in [-0.39, 0.29) is 11.3 Å². The summed E-state index contributed by atoms with van der Waals surface area (Å²) < 4.78 is 5.59. The number of rotatable bonds is 4. The van der Waals surface area contributed by atoms with Crippen LogP contribution in [-0.2, 0) is 0 Å². The predicted octanol–water partition coefficient (Wildman–Crippen LogP) is 2.81. The van der Waals surface area contributed by atoms with Crippen molar-refractivity contribution >= 4 is 5.69 Å². The molecule has 0 atom stereocenters. The zero-order valence-electron chi connectivity index (χ0n) is 12.1. The second-order valence-corrected chi connectivity index (χ2v) is 4.34. The molecule has 2 aromatic rings. The minimum absolute atomic E-state index is 0.123. The van der Waals surface area contributed by atoms with E-state index in [1.54, 1.807) is 55.6 Å². The Morgan fingerprint density at radius 1 is 1.13 bits per heavy atom. The highest BCUT2D eigenvalue weighted by Gasteiger charge is 2.07. The van der Waals surface area contributed by atoms with E-state index in [9.17, 15) is 0 Å². The Morgan fingerprint density at radius 3 is 2.57 bits per heavy atom. The summed E-state index contributed by atoms with van der Waals surface area (Å²) in [6.07, 6.45) is 3.09. The number of hydrogen-bond acceptors (Lipinski definition) is 7. The maximum Gasteiger partial charge on any atom is 0.238 e. The summed E-state index contributed by atoms with van der Waals surface area (Å²) in [4.78, 5) is 8.16. The molecule has 0 radical (unpaired) electrons. The Hall–Kier alpha value is -3.89. The van der Waals surface area contributed by atoms with E-state index in [2.05, 4.69) is 15.3 Å². The van der Waals surface area contributed by atoms with Crippen LogP contribution in [-0.4, -0.2) is 9.97 Å². The molecule has 0 bridgehead atoms. The van der Waals surface area contributed by atoms with Crippen LogP contribution in [0.1, 0.15) is 5.69 Å². The molecule has 0 spiro atoms. The third-order valence-electron chi connectivity index (χ3n) is 2.64. The molecular formula is C16H10N6O. The van der Waals surface area contributed by atoms with Crippen LogP contribution in [0.3, 0.4) is 0 Å². The van der Waals surface area contributed by atoms with E-state index in [4.69, 9.17) is 20.5 Å². The van der Waals surface area contributed by atoms with Gasteiger partial charge in [0.25, 0.3) is 0 Å². The van der Waals surface area contributed by atoms with Crippen LogP contribution in [0.15, 0.2) is 47.9 Å². The molecule has 110 valence electrons. The number of nitrogens with zero attached hydrogens (tertiary/aromatic N) is 5. The number of ether oxygens (including phenoxy) is 1. The van der Waals surface area contributed by atoms with Crippen LogP contribution < -0.4 is 10.1 Å². The van der Waals surface area contributed by atoms with Gasteiger partial charge in [0.15, 0.2) is 5.57 Å². The van der Waals surface area contributed by atoms with Gasteiger partial charge in [-0.3, -0.25) is 4.98 Å². The summed E-state index contributed by atoms with van der Waals surface area (Å²) in [7, 11) is 0. The summed E-state index contributed by atoms with van der Waals surface area (Å²) in [5, 5.41) is 29.4. The van der Waals surface area contributed by atoms with Crippen LogP contribution in [0, 0.1) is 40.9 Å². The van der Waals surface area contributed by atoms with Gasteiger partial charge in [0.1, 0.15) is 29.7 Å². The normalized spacial score (nSPS) is 8.96. The summed E-state index contributed by atoms with van der Waals surface area (Å²) in [6, 6.07) is 11.8. The van der Waals surface area contributed by atoms with Gasteiger partial charge in [0, 0.05) is 18.0 Å². The highest BCUT2D eigenvalue weighted by Crippen LogP contribution is 2.23. The van der Waals surface area contributed by atoms with Gasteiger partial charge in [-0.2, -0.15) is 15.8 Å². The van der Waals surface area contributed by atoms with Crippen molar-refractivity contribution in [1.82, 2.24) is 9.97 Å². The lowest BCUT2D eigenvalue weighted by molar-refractivity contribution is 0.459. The molecule has 2 rings (SSSR count). The number of aromatic nitrogens is 2. The average Bonchev–Trinajstić information content (AvgIpc) is 2.55. The molecule has 0 fully saturated rings. The van der Waals surface area contributed by atoms with Gasteiger partial charge in [-0.1, -0.05) is 6.07 Å². The molecule has 0 saturated heterocycles. The number of allylic oxidation sites excluding steroid dienone is 2. The Balaban J connectivity index is 2.24. The van der Waals surface area contributed by atoms with Gasteiger partial charge in [0.2, 0.25) is 5.88 Å². The van der Waals surface area contributed by atoms with Crippen molar-refractivity contribution < 1.29 is 4.74 Å². The summed E-state index contributed by atoms with van der Waals surface area (Å²) in [5.74, 6) is 0.815. The van der Waals surface area contributed by atoms with E-state index in [0.29, 0.717) is 17.3 Å². The Labute approximate surface area is 132 Å². The van der Waals surface area contributed by atoms with Gasteiger partial charge >= 0.3 is 0 Å². The highest BCUT2D eigenvalue weighted by molar-refractivity contribution is 5.59. The first-order valence-electron chi connectivity index (χ1n) is 6.44. The Bertz CT molecular complexity index is 866. The molecule has 0 aliphatic heterocycles. The molecule has 23 heavy (non-hydrogen) atoms. The molecule has 0 saturated carbocycles. The summed E-state index contributed by atoms with van der Waals surface area (Å²) in [5.41, 5.74) is 0.813. The third-order valence-corrected chi connectivity index (χ3v) is 2.64. The fourth-order valence-corrected chi connectivity index (χ4v) is 1.68. The second-order valence-electron chi connectivity index (χ2n) is 4.34. The molecule has 0 amide bonds. The van der Waals surface area contributed by atoms with Gasteiger partial charge < -0.3 is 10.1 Å². The minimum atomic E-state index is -0.289. The summed E-state index contributed by atoms with van der Waals surface area (Å²) in [6.45, 7) is 1.80. The number of benzene rings is 1. The van der Waals surface area contributed by atoms with E-state index in [1.165, 1.54) is 6.20 Å². The molecule has 7 nitrogen and oxygen atoms in total. The van der Waals surface area contributed by atoms with E-state index in [1.807, 2.05) is 0 Å². The van der Waals surface area contributed by atoms with Crippen molar-refractivity contribution in [3.63, 3.8) is 0 Å². The van der Waals surface area contributed by atoms with E-state index >= 15 is 0 Å². The van der Waals surface area contributed by atoms with Crippen LogP contribution in [0.4, 0.5) is 5.69 Å². The van der Waals surface area contributed by atoms with Gasteiger partial charge in [-0.25, -0.2) is 4.98 Å². The highest BCUT2D eigenvalue weighted by atomic mass is 16.5. The quantitative estimate of drug-likeness (QED) is 0.862. The Kier molecular flexibility index (Phi) is 4.86. The first-order valence-corrected chi connectivity index (χ1v) is 6.44. The van der Waals surface area contributed by atoms with E-state index < -0.39 is 0 Å². The van der Waals surface area contributed by atoms with Crippen molar-refractivity contribution in [3.8, 4) is 29.8 Å². The largest absolute Gasteiger partial charge is 0.437 e. The van der Waals surface area contributed by atoms with E-state index in [0.717, 1.165) is 5.69 Å². The van der Waals surface area contributed by atoms with Crippen molar-refractivity contribution in [2.45, 2.75) is 6.92 Å². The maximum absolute atomic E-state index is 9.03. The average molecular weight is 302 g/mol. The van der Waals surface area contributed by atoms with Gasteiger partial charge in [0.05, 0.1) is 11.9 Å². The van der Waals surface area contributed by atoms with Crippen LogP contribution in [0.5, 0.6) is 11.6 Å². The first kappa shape index (κ1) is 15.5. The molecule has 1 heterocycles. The van der Waals surface area contributed by atoms with Crippen molar-refractivity contribution in [2.24, 2.45) is 0 Å². The molecule has 1 N–H and O–H groups in total. The van der Waals surface area contributed by atoms with Crippen molar-refractivity contribution in [2.75, 3.05) is 5.32 Å². The SMILES string of the molecule is Cc1cncc(Oc2cccc(NC(C#N)=C(C#N)C#N)c2)n1. The number of aryl methyl sites for hydroxylation is 1. The lowest BCUT2D eigenvalue weighted by Crippen LogP contribution is -2.00. The molecule has 0 aliphatic rings. The number of anilines is 1. The van der Waals surface area contributed by atoms with Crippen molar-refractivity contribution in [3.05, 3.63) is 53.6 Å². The molecule has 1 aromatic carbocycles. The lowest BCUT2D eigenvalue weighted by atomic mass is 10.2. The zero-order valence-corrected chi connectivity index (χ0v) is 12.1.